The molecule has 1 unspecified atom stereocenters. The highest BCUT2D eigenvalue weighted by molar-refractivity contribution is 9.10. The number of hydrogen-bond donors (Lipinski definition) is 1. The number of benzene rings is 1. The molecule has 1 aromatic rings. The van der Waals surface area contributed by atoms with Gasteiger partial charge in [-0.05, 0) is 23.8 Å². The van der Waals surface area contributed by atoms with E-state index in [1.165, 1.54) is 20.2 Å². The molecule has 8 heteroatoms. The number of nitrogens with zero attached hydrogens (tertiary/aromatic N) is 1. The molecule has 0 saturated heterocycles. The highest BCUT2D eigenvalue weighted by atomic mass is 79.9. The lowest BCUT2D eigenvalue weighted by molar-refractivity contribution is -0.170. The van der Waals surface area contributed by atoms with Crippen molar-refractivity contribution in [2.75, 3.05) is 14.2 Å². The van der Waals surface area contributed by atoms with Gasteiger partial charge in [0.2, 0.25) is 5.91 Å². The number of carbonyl (C=O) groups is 1. The lowest BCUT2D eigenvalue weighted by atomic mass is 10.0. The van der Waals surface area contributed by atoms with Crippen molar-refractivity contribution in [3.05, 3.63) is 33.8 Å². The summed E-state index contributed by atoms with van der Waals surface area (Å²) >= 11 is 3.06. The van der Waals surface area contributed by atoms with Gasteiger partial charge in [-0.1, -0.05) is 15.9 Å². The summed E-state index contributed by atoms with van der Waals surface area (Å²) in [5.41, 5.74) is -0.889. The zero-order chi connectivity index (χ0) is 15.5. The Labute approximate surface area is 122 Å². The summed E-state index contributed by atoms with van der Waals surface area (Å²) in [5, 5.41) is 10.8. The van der Waals surface area contributed by atoms with E-state index in [0.717, 1.165) is 17.2 Å². The molecule has 1 N–H and O–H groups in total. The van der Waals surface area contributed by atoms with Crippen molar-refractivity contribution in [3.63, 3.8) is 0 Å². The molecule has 0 heterocycles. The van der Waals surface area contributed by atoms with Crippen molar-refractivity contribution in [2.45, 2.75) is 18.7 Å². The van der Waals surface area contributed by atoms with E-state index in [4.69, 9.17) is 0 Å². The van der Waals surface area contributed by atoms with Crippen LogP contribution in [0.4, 0.5) is 13.2 Å². The second kappa shape index (κ2) is 6.55. The number of carbonyl (C=O) groups excluding carboxylic acids is 1. The van der Waals surface area contributed by atoms with Gasteiger partial charge in [0.05, 0.1) is 25.2 Å². The highest BCUT2D eigenvalue weighted by Crippen LogP contribution is 2.34. The molecule has 0 aliphatic carbocycles. The fraction of sp³-hybridized carbons (Fsp3) is 0.417. The van der Waals surface area contributed by atoms with E-state index in [1.54, 1.807) is 0 Å². The van der Waals surface area contributed by atoms with Gasteiger partial charge in [-0.15, -0.1) is 0 Å². The van der Waals surface area contributed by atoms with Gasteiger partial charge in [-0.2, -0.15) is 13.2 Å². The van der Waals surface area contributed by atoms with Crippen LogP contribution in [0.2, 0.25) is 0 Å². The zero-order valence-electron chi connectivity index (χ0n) is 10.7. The SMILES string of the molecule is CON(C)C(=O)CC(O)c1cc(C(F)(F)F)ccc1Br. The van der Waals surface area contributed by atoms with Gasteiger partial charge < -0.3 is 5.11 Å². The van der Waals surface area contributed by atoms with Crippen molar-refractivity contribution >= 4 is 21.8 Å². The largest absolute Gasteiger partial charge is 0.416 e. The fourth-order valence-electron chi connectivity index (χ4n) is 1.48. The molecule has 0 bridgehead atoms. The molecule has 1 aromatic carbocycles. The molecule has 1 rings (SSSR count). The lowest BCUT2D eigenvalue weighted by Crippen LogP contribution is -2.27. The number of hydrogen-bond acceptors (Lipinski definition) is 3. The van der Waals surface area contributed by atoms with Crippen molar-refractivity contribution in [1.82, 2.24) is 5.06 Å². The average Bonchev–Trinajstić information content (AvgIpc) is 2.36. The Bertz CT molecular complexity index is 493. The third kappa shape index (κ3) is 4.19. The van der Waals surface area contributed by atoms with Gasteiger partial charge in [0.25, 0.3) is 0 Å². The summed E-state index contributed by atoms with van der Waals surface area (Å²) in [6.45, 7) is 0. The van der Waals surface area contributed by atoms with Crippen LogP contribution >= 0.6 is 15.9 Å². The van der Waals surface area contributed by atoms with Gasteiger partial charge in [0, 0.05) is 11.5 Å². The number of aliphatic hydroxyl groups is 1. The summed E-state index contributed by atoms with van der Waals surface area (Å²) in [7, 11) is 2.61. The third-order valence-corrected chi connectivity index (χ3v) is 3.40. The van der Waals surface area contributed by atoms with E-state index in [9.17, 15) is 23.1 Å². The first-order valence-corrected chi connectivity index (χ1v) is 6.31. The summed E-state index contributed by atoms with van der Waals surface area (Å²) in [5.74, 6) is -0.552. The van der Waals surface area contributed by atoms with Crippen molar-refractivity contribution < 1.29 is 27.9 Å². The number of alkyl halides is 3. The third-order valence-electron chi connectivity index (χ3n) is 2.68. The minimum atomic E-state index is -4.51. The Morgan fingerprint density at radius 1 is 1.50 bits per heavy atom. The molecule has 0 aromatic heterocycles. The van der Waals surface area contributed by atoms with E-state index in [2.05, 4.69) is 20.8 Å². The number of rotatable bonds is 4. The minimum absolute atomic E-state index is 0.00215. The predicted octanol–water partition coefficient (Wildman–Crippen LogP) is 2.91. The van der Waals surface area contributed by atoms with E-state index in [-0.39, 0.29) is 12.0 Å². The van der Waals surface area contributed by atoms with Crippen LogP contribution in [0.1, 0.15) is 23.7 Å². The number of aliphatic hydroxyl groups excluding tert-OH is 1. The molecule has 1 amide bonds. The molecule has 20 heavy (non-hydrogen) atoms. The van der Waals surface area contributed by atoms with Crippen LogP contribution in [-0.2, 0) is 15.8 Å². The van der Waals surface area contributed by atoms with E-state index in [1.807, 2.05) is 0 Å². The molecule has 0 saturated carbocycles. The molecule has 112 valence electrons. The fourth-order valence-corrected chi connectivity index (χ4v) is 1.99. The molecule has 0 aliphatic rings. The predicted molar refractivity (Wildman–Crippen MR) is 68.5 cm³/mol. The van der Waals surface area contributed by atoms with Crippen LogP contribution in [0, 0.1) is 0 Å². The maximum absolute atomic E-state index is 12.6. The minimum Gasteiger partial charge on any atom is -0.388 e. The monoisotopic (exact) mass is 355 g/mol. The normalized spacial score (nSPS) is 13.2. The van der Waals surface area contributed by atoms with Crippen molar-refractivity contribution in [3.8, 4) is 0 Å². The number of halogens is 4. The number of hydroxylamine groups is 2. The van der Waals surface area contributed by atoms with Gasteiger partial charge in [0.15, 0.2) is 0 Å². The summed E-state index contributed by atoms with van der Waals surface area (Å²) in [4.78, 5) is 16.2. The quantitative estimate of drug-likeness (QED) is 0.844. The topological polar surface area (TPSA) is 49.8 Å². The molecular formula is C12H13BrF3NO3. The van der Waals surface area contributed by atoms with Crippen LogP contribution in [0.15, 0.2) is 22.7 Å². The second-order valence-electron chi connectivity index (χ2n) is 4.03. The number of amides is 1. The summed E-state index contributed by atoms with van der Waals surface area (Å²) in [6.07, 6.45) is -6.26. The van der Waals surface area contributed by atoms with E-state index in [0.29, 0.717) is 4.47 Å². The van der Waals surface area contributed by atoms with Gasteiger partial charge in [-0.25, -0.2) is 5.06 Å². The van der Waals surface area contributed by atoms with Gasteiger partial charge in [-0.3, -0.25) is 9.63 Å². The zero-order valence-corrected chi connectivity index (χ0v) is 12.3. The van der Waals surface area contributed by atoms with Crippen LogP contribution in [0.3, 0.4) is 0 Å². The van der Waals surface area contributed by atoms with Crippen LogP contribution in [0.25, 0.3) is 0 Å². The Hall–Kier alpha value is -1.12. The average molecular weight is 356 g/mol. The van der Waals surface area contributed by atoms with Crippen molar-refractivity contribution in [1.29, 1.82) is 0 Å². The Morgan fingerprint density at radius 3 is 2.60 bits per heavy atom. The summed E-state index contributed by atoms with van der Waals surface area (Å²) < 4.78 is 38.1. The maximum Gasteiger partial charge on any atom is 0.416 e. The first-order valence-electron chi connectivity index (χ1n) is 5.52. The first kappa shape index (κ1) is 16.9. The first-order chi connectivity index (χ1) is 9.16. The Balaban J connectivity index is 2.98. The molecule has 4 nitrogen and oxygen atoms in total. The Kier molecular flexibility index (Phi) is 5.55. The van der Waals surface area contributed by atoms with Crippen LogP contribution in [0.5, 0.6) is 0 Å². The van der Waals surface area contributed by atoms with Crippen molar-refractivity contribution in [2.24, 2.45) is 0 Å². The van der Waals surface area contributed by atoms with E-state index < -0.39 is 23.8 Å². The smallest absolute Gasteiger partial charge is 0.388 e. The highest BCUT2D eigenvalue weighted by Gasteiger charge is 2.32. The van der Waals surface area contributed by atoms with Gasteiger partial charge in [0.1, 0.15) is 0 Å². The molecule has 0 fully saturated rings. The Morgan fingerprint density at radius 2 is 2.10 bits per heavy atom. The molecule has 0 spiro atoms. The molecule has 0 radical (unpaired) electrons. The summed E-state index contributed by atoms with van der Waals surface area (Å²) in [6, 6.07) is 2.89. The van der Waals surface area contributed by atoms with E-state index >= 15 is 0 Å². The standard InChI is InChI=1S/C12H13BrF3NO3/c1-17(20-2)11(19)6-10(18)8-5-7(12(14,15)16)3-4-9(8)13/h3-5,10,18H,6H2,1-2H3. The van der Waals surface area contributed by atoms with Crippen LogP contribution in [-0.4, -0.2) is 30.2 Å². The molecular weight excluding hydrogens is 343 g/mol. The van der Waals surface area contributed by atoms with Gasteiger partial charge >= 0.3 is 6.18 Å². The molecule has 1 atom stereocenters. The lowest BCUT2D eigenvalue weighted by Gasteiger charge is -2.18. The maximum atomic E-state index is 12.6. The molecule has 0 aliphatic heterocycles. The second-order valence-corrected chi connectivity index (χ2v) is 4.88. The van der Waals surface area contributed by atoms with Crippen LogP contribution < -0.4 is 0 Å².